The van der Waals surface area contributed by atoms with Crippen molar-refractivity contribution in [1.29, 1.82) is 0 Å². The van der Waals surface area contributed by atoms with E-state index in [1.807, 2.05) is 35.2 Å². The molecule has 2 aliphatic heterocycles. The van der Waals surface area contributed by atoms with Crippen molar-refractivity contribution in [2.45, 2.75) is 31.2 Å². The SMILES string of the molecule is O=C(C1CC1)N1CC(CN2C(=O)C3(CC3)N=C2c2ccc(-c3nc4ccccc4s3)cc2F)C1. The van der Waals surface area contributed by atoms with E-state index in [0.717, 1.165) is 28.1 Å². The zero-order valence-corrected chi connectivity index (χ0v) is 19.4. The summed E-state index contributed by atoms with van der Waals surface area (Å²) in [7, 11) is 0. The highest BCUT2D eigenvalue weighted by atomic mass is 32.1. The fourth-order valence-corrected chi connectivity index (χ4v) is 5.98. The summed E-state index contributed by atoms with van der Waals surface area (Å²) < 4.78 is 16.5. The van der Waals surface area contributed by atoms with Crippen molar-refractivity contribution < 1.29 is 14.0 Å². The number of para-hydroxylation sites is 1. The Morgan fingerprint density at radius 3 is 2.65 bits per heavy atom. The lowest BCUT2D eigenvalue weighted by atomic mass is 9.98. The van der Waals surface area contributed by atoms with Crippen LogP contribution < -0.4 is 0 Å². The van der Waals surface area contributed by atoms with Gasteiger partial charge in [-0.05, 0) is 49.9 Å². The predicted molar refractivity (Wildman–Crippen MR) is 128 cm³/mol. The molecular formula is C26H23FN4O2S. The van der Waals surface area contributed by atoms with Crippen LogP contribution in [0.3, 0.4) is 0 Å². The Kier molecular flexibility index (Phi) is 4.28. The highest BCUT2D eigenvalue weighted by Gasteiger charge is 2.58. The molecule has 0 radical (unpaired) electrons. The minimum Gasteiger partial charge on any atom is -0.342 e. The molecule has 3 fully saturated rings. The van der Waals surface area contributed by atoms with E-state index < -0.39 is 11.4 Å². The zero-order valence-electron chi connectivity index (χ0n) is 18.5. The maximum Gasteiger partial charge on any atom is 0.256 e. The number of hydrogen-bond donors (Lipinski definition) is 0. The van der Waals surface area contributed by atoms with Gasteiger partial charge in [0.15, 0.2) is 0 Å². The van der Waals surface area contributed by atoms with Crippen molar-refractivity contribution >= 4 is 39.2 Å². The number of hydrogen-bond acceptors (Lipinski definition) is 5. The lowest BCUT2D eigenvalue weighted by molar-refractivity contribution is -0.139. The fraction of sp³-hybridized carbons (Fsp3) is 0.385. The molecule has 0 atom stereocenters. The maximum absolute atomic E-state index is 15.4. The summed E-state index contributed by atoms with van der Waals surface area (Å²) >= 11 is 1.53. The van der Waals surface area contributed by atoms with Gasteiger partial charge in [-0.2, -0.15) is 0 Å². The molecule has 2 aliphatic carbocycles. The van der Waals surface area contributed by atoms with Crippen molar-refractivity contribution in [3.8, 4) is 10.6 Å². The molecule has 0 N–H and O–H groups in total. The molecule has 0 bridgehead atoms. The highest BCUT2D eigenvalue weighted by molar-refractivity contribution is 7.21. The quantitative estimate of drug-likeness (QED) is 0.560. The van der Waals surface area contributed by atoms with E-state index in [1.165, 1.54) is 17.4 Å². The van der Waals surface area contributed by atoms with Gasteiger partial charge < -0.3 is 4.90 Å². The second-order valence-electron chi connectivity index (χ2n) is 9.95. The third-order valence-corrected chi connectivity index (χ3v) is 8.41. The summed E-state index contributed by atoms with van der Waals surface area (Å²) in [4.78, 5) is 38.4. The molecule has 3 heterocycles. The summed E-state index contributed by atoms with van der Waals surface area (Å²) in [5, 5.41) is 0.765. The van der Waals surface area contributed by atoms with Gasteiger partial charge in [-0.25, -0.2) is 9.37 Å². The average Bonchev–Trinajstić information content (AvgIpc) is 3.72. The molecule has 1 spiro atoms. The van der Waals surface area contributed by atoms with E-state index in [9.17, 15) is 9.59 Å². The van der Waals surface area contributed by atoms with Crippen molar-refractivity contribution in [2.75, 3.05) is 19.6 Å². The second kappa shape index (κ2) is 7.18. The Morgan fingerprint density at radius 1 is 1.15 bits per heavy atom. The van der Waals surface area contributed by atoms with Gasteiger partial charge in [0.2, 0.25) is 5.91 Å². The normalized spacial score (nSPS) is 21.3. The van der Waals surface area contributed by atoms with E-state index in [0.29, 0.717) is 49.4 Å². The monoisotopic (exact) mass is 474 g/mol. The average molecular weight is 475 g/mol. The maximum atomic E-state index is 15.4. The zero-order chi connectivity index (χ0) is 23.0. The molecule has 6 nitrogen and oxygen atoms in total. The van der Waals surface area contributed by atoms with E-state index in [-0.39, 0.29) is 23.7 Å². The van der Waals surface area contributed by atoms with Gasteiger partial charge in [0.05, 0.1) is 15.8 Å². The number of amidine groups is 1. The summed E-state index contributed by atoms with van der Waals surface area (Å²) in [6.45, 7) is 1.81. The van der Waals surface area contributed by atoms with Crippen LogP contribution >= 0.6 is 11.3 Å². The Labute approximate surface area is 200 Å². The van der Waals surface area contributed by atoms with E-state index >= 15 is 4.39 Å². The molecule has 4 aliphatic rings. The number of thiazole rings is 1. The molecule has 3 aromatic rings. The van der Waals surface area contributed by atoms with Gasteiger partial charge in [0.25, 0.3) is 5.91 Å². The molecule has 1 aromatic heterocycles. The molecule has 8 heteroatoms. The number of carbonyl (C=O) groups excluding carboxylic acids is 2. The summed E-state index contributed by atoms with van der Waals surface area (Å²) in [5.41, 5.74) is 1.27. The molecule has 34 heavy (non-hydrogen) atoms. The number of benzene rings is 2. The molecule has 0 unspecified atom stereocenters. The number of aromatic nitrogens is 1. The van der Waals surface area contributed by atoms with Gasteiger partial charge in [0, 0.05) is 37.0 Å². The Morgan fingerprint density at radius 2 is 1.94 bits per heavy atom. The number of nitrogens with zero attached hydrogens (tertiary/aromatic N) is 4. The van der Waals surface area contributed by atoms with Gasteiger partial charge in [-0.3, -0.25) is 19.5 Å². The number of fused-ring (bicyclic) bond motifs is 1. The Balaban J connectivity index is 1.14. The number of carbonyl (C=O) groups is 2. The van der Waals surface area contributed by atoms with Crippen LogP contribution in [0.1, 0.15) is 31.2 Å². The molecule has 1 saturated heterocycles. The number of amides is 2. The van der Waals surface area contributed by atoms with Crippen LogP contribution in [0.4, 0.5) is 4.39 Å². The largest absolute Gasteiger partial charge is 0.342 e. The van der Waals surface area contributed by atoms with Crippen LogP contribution in [0, 0.1) is 17.7 Å². The smallest absolute Gasteiger partial charge is 0.256 e. The van der Waals surface area contributed by atoms with Crippen molar-refractivity contribution in [3.63, 3.8) is 0 Å². The summed E-state index contributed by atoms with van der Waals surface area (Å²) in [6, 6.07) is 12.9. The molecule has 2 saturated carbocycles. The first kappa shape index (κ1) is 20.3. The number of aliphatic imine (C=N–C) groups is 1. The second-order valence-corrected chi connectivity index (χ2v) is 11.0. The van der Waals surface area contributed by atoms with Crippen LogP contribution in [0.2, 0.25) is 0 Å². The third-order valence-electron chi connectivity index (χ3n) is 7.33. The van der Waals surface area contributed by atoms with Gasteiger partial charge in [-0.15, -0.1) is 11.3 Å². The molecule has 2 amide bonds. The van der Waals surface area contributed by atoms with Crippen molar-refractivity contribution in [3.05, 3.63) is 53.8 Å². The molecular weight excluding hydrogens is 451 g/mol. The standard InChI is InChI=1S/C26H23FN4O2S/c27-19-11-17(23-28-20-3-1-2-4-21(20)34-23)7-8-18(19)22-29-26(9-10-26)25(33)31(22)14-15-12-30(13-15)24(32)16-5-6-16/h1-4,7-8,11,15-16H,5-6,9-10,12-14H2. The Hall–Kier alpha value is -3.13. The first-order chi connectivity index (χ1) is 16.5. The number of likely N-dealkylation sites (tertiary alicyclic amines) is 1. The van der Waals surface area contributed by atoms with E-state index in [2.05, 4.69) is 4.98 Å². The van der Waals surface area contributed by atoms with Crippen LogP contribution in [-0.4, -0.2) is 57.6 Å². The molecule has 172 valence electrons. The molecule has 7 rings (SSSR count). The van der Waals surface area contributed by atoms with Crippen molar-refractivity contribution in [1.82, 2.24) is 14.8 Å². The lowest BCUT2D eigenvalue weighted by Gasteiger charge is -2.41. The topological polar surface area (TPSA) is 65.9 Å². The lowest BCUT2D eigenvalue weighted by Crippen LogP contribution is -2.55. The van der Waals surface area contributed by atoms with Crippen LogP contribution in [0.25, 0.3) is 20.8 Å². The van der Waals surface area contributed by atoms with E-state index in [1.54, 1.807) is 11.0 Å². The minimum atomic E-state index is -0.694. The fourth-order valence-electron chi connectivity index (χ4n) is 5.01. The van der Waals surface area contributed by atoms with Gasteiger partial charge in [0.1, 0.15) is 22.2 Å². The van der Waals surface area contributed by atoms with E-state index in [4.69, 9.17) is 4.99 Å². The van der Waals surface area contributed by atoms with Crippen LogP contribution in [0.15, 0.2) is 47.5 Å². The van der Waals surface area contributed by atoms with Crippen molar-refractivity contribution in [2.24, 2.45) is 16.8 Å². The minimum absolute atomic E-state index is 0.0240. The predicted octanol–water partition coefficient (Wildman–Crippen LogP) is 4.09. The Bertz CT molecular complexity index is 1350. The van der Waals surface area contributed by atoms with Gasteiger partial charge in [-0.1, -0.05) is 18.2 Å². The molecule has 2 aromatic carbocycles. The first-order valence-electron chi connectivity index (χ1n) is 11.9. The highest BCUT2D eigenvalue weighted by Crippen LogP contribution is 2.46. The number of halogens is 1. The van der Waals surface area contributed by atoms with Crippen LogP contribution in [-0.2, 0) is 9.59 Å². The summed E-state index contributed by atoms with van der Waals surface area (Å²) in [5.74, 6) is 0.672. The third kappa shape index (κ3) is 3.19. The number of rotatable bonds is 5. The summed E-state index contributed by atoms with van der Waals surface area (Å²) in [6.07, 6.45) is 3.43. The van der Waals surface area contributed by atoms with Crippen LogP contribution in [0.5, 0.6) is 0 Å². The van der Waals surface area contributed by atoms with Gasteiger partial charge >= 0.3 is 0 Å². The first-order valence-corrected chi connectivity index (χ1v) is 12.7.